The third kappa shape index (κ3) is 5.50. The van der Waals surface area contributed by atoms with Crippen LogP contribution in [0.4, 0.5) is 8.78 Å². The van der Waals surface area contributed by atoms with E-state index in [1.165, 1.54) is 18.2 Å². The molecular formula is C22H25ClF2N2OS. The largest absolute Gasteiger partial charge is 0.325 e. The monoisotopic (exact) mass is 438 g/mol. The highest BCUT2D eigenvalue weighted by Crippen LogP contribution is 2.40. The summed E-state index contributed by atoms with van der Waals surface area (Å²) in [4.78, 5) is 16.8. The number of carbonyl (C=O) groups excluding carboxylic acids is 1. The molecule has 1 heterocycles. The molecule has 1 aliphatic rings. The van der Waals surface area contributed by atoms with Crippen molar-refractivity contribution in [2.75, 3.05) is 25.4 Å². The molecule has 0 unspecified atom stereocenters. The molecule has 0 radical (unpaired) electrons. The zero-order chi connectivity index (χ0) is 20.8. The van der Waals surface area contributed by atoms with Crippen LogP contribution in [0.15, 0.2) is 42.5 Å². The Kier molecular flexibility index (Phi) is 7.92. The van der Waals surface area contributed by atoms with Crippen LogP contribution in [-0.4, -0.2) is 41.1 Å². The number of unbranched alkanes of at least 4 members (excludes halogenated alkanes) is 1. The number of hydrogen-bond donors (Lipinski definition) is 0. The number of nitrogens with zero attached hydrogens (tertiary/aromatic N) is 2. The standard InChI is InChI=1S/C22H25ClF2N2OS/c1-2-3-11-26(14-17-19(24)9-6-10-20(17)25)15-21(28)27-12-13-29-22(27)16-7-4-5-8-18(16)23/h4-10,22H,2-3,11-15H2,1H3/t22-/m1/s1. The normalized spacial score (nSPS) is 16.6. The van der Waals surface area contributed by atoms with Gasteiger partial charge in [0.15, 0.2) is 0 Å². The lowest BCUT2D eigenvalue weighted by Crippen LogP contribution is -2.40. The van der Waals surface area contributed by atoms with Crippen molar-refractivity contribution >= 4 is 29.3 Å². The molecule has 1 fully saturated rings. The second-order valence-corrected chi connectivity index (χ2v) is 8.69. The van der Waals surface area contributed by atoms with E-state index in [0.29, 0.717) is 18.1 Å². The van der Waals surface area contributed by atoms with Crippen molar-refractivity contribution in [2.45, 2.75) is 31.7 Å². The van der Waals surface area contributed by atoms with Crippen LogP contribution >= 0.6 is 23.4 Å². The number of hydrogen-bond acceptors (Lipinski definition) is 3. The molecule has 1 aliphatic heterocycles. The molecule has 0 aliphatic carbocycles. The van der Waals surface area contributed by atoms with E-state index in [4.69, 9.17) is 11.6 Å². The molecule has 3 nitrogen and oxygen atoms in total. The maximum absolute atomic E-state index is 14.1. The fourth-order valence-electron chi connectivity index (χ4n) is 3.44. The molecule has 1 atom stereocenters. The predicted octanol–water partition coefficient (Wildman–Crippen LogP) is 5.49. The minimum absolute atomic E-state index is 0.00912. The highest BCUT2D eigenvalue weighted by Gasteiger charge is 2.32. The first-order valence-corrected chi connectivity index (χ1v) is 11.2. The molecule has 156 valence electrons. The van der Waals surface area contributed by atoms with Crippen LogP contribution in [0, 0.1) is 11.6 Å². The molecule has 0 N–H and O–H groups in total. The van der Waals surface area contributed by atoms with Crippen LogP contribution in [0.2, 0.25) is 5.02 Å². The van der Waals surface area contributed by atoms with Crippen molar-refractivity contribution < 1.29 is 13.6 Å². The number of thioether (sulfide) groups is 1. The zero-order valence-corrected chi connectivity index (χ0v) is 18.0. The number of benzene rings is 2. The van der Waals surface area contributed by atoms with Gasteiger partial charge in [0.2, 0.25) is 5.91 Å². The van der Waals surface area contributed by atoms with Gasteiger partial charge in [-0.3, -0.25) is 9.69 Å². The lowest BCUT2D eigenvalue weighted by atomic mass is 10.1. The van der Waals surface area contributed by atoms with Crippen LogP contribution in [-0.2, 0) is 11.3 Å². The Morgan fingerprint density at radius 2 is 1.93 bits per heavy atom. The van der Waals surface area contributed by atoms with Crippen molar-refractivity contribution in [3.05, 3.63) is 70.2 Å². The van der Waals surface area contributed by atoms with E-state index in [2.05, 4.69) is 0 Å². The second-order valence-electron chi connectivity index (χ2n) is 7.10. The van der Waals surface area contributed by atoms with E-state index in [0.717, 1.165) is 24.2 Å². The molecule has 0 bridgehead atoms. The van der Waals surface area contributed by atoms with Crippen molar-refractivity contribution in [1.29, 1.82) is 0 Å². The van der Waals surface area contributed by atoms with E-state index in [-0.39, 0.29) is 29.9 Å². The lowest BCUT2D eigenvalue weighted by Gasteiger charge is -2.29. The van der Waals surface area contributed by atoms with E-state index in [1.807, 2.05) is 41.0 Å². The zero-order valence-electron chi connectivity index (χ0n) is 16.4. The van der Waals surface area contributed by atoms with Crippen molar-refractivity contribution in [3.63, 3.8) is 0 Å². The van der Waals surface area contributed by atoms with Gasteiger partial charge in [-0.2, -0.15) is 0 Å². The van der Waals surface area contributed by atoms with Crippen LogP contribution in [0.1, 0.15) is 36.3 Å². The predicted molar refractivity (Wildman–Crippen MR) is 115 cm³/mol. The third-order valence-corrected chi connectivity index (χ3v) is 6.60. The van der Waals surface area contributed by atoms with Gasteiger partial charge in [0.25, 0.3) is 0 Å². The summed E-state index contributed by atoms with van der Waals surface area (Å²) in [6.45, 7) is 3.48. The molecule has 0 spiro atoms. The first kappa shape index (κ1) is 22.1. The third-order valence-electron chi connectivity index (χ3n) is 5.01. The van der Waals surface area contributed by atoms with Crippen molar-refractivity contribution in [2.24, 2.45) is 0 Å². The first-order valence-electron chi connectivity index (χ1n) is 9.82. The highest BCUT2D eigenvalue weighted by molar-refractivity contribution is 7.99. The van der Waals surface area contributed by atoms with Gasteiger partial charge < -0.3 is 4.90 Å². The van der Waals surface area contributed by atoms with Gasteiger partial charge in [0, 0.05) is 35.0 Å². The van der Waals surface area contributed by atoms with E-state index in [9.17, 15) is 13.6 Å². The van der Waals surface area contributed by atoms with Gasteiger partial charge in [-0.15, -0.1) is 11.8 Å². The number of halogens is 3. The minimum atomic E-state index is -0.579. The van der Waals surface area contributed by atoms with Crippen LogP contribution in [0.5, 0.6) is 0 Å². The lowest BCUT2D eigenvalue weighted by molar-refractivity contribution is -0.132. The molecule has 2 aromatic carbocycles. The maximum Gasteiger partial charge on any atom is 0.237 e. The summed E-state index contributed by atoms with van der Waals surface area (Å²) in [5, 5.41) is 0.510. The van der Waals surface area contributed by atoms with Crippen molar-refractivity contribution in [3.8, 4) is 0 Å². The summed E-state index contributed by atoms with van der Waals surface area (Å²) in [6, 6.07) is 11.4. The number of amides is 1. The molecule has 0 aromatic heterocycles. The molecule has 1 amide bonds. The topological polar surface area (TPSA) is 23.6 Å². The molecule has 3 rings (SSSR count). The van der Waals surface area contributed by atoms with Crippen LogP contribution in [0.3, 0.4) is 0 Å². The highest BCUT2D eigenvalue weighted by atomic mass is 35.5. The minimum Gasteiger partial charge on any atom is -0.325 e. The first-order chi connectivity index (χ1) is 14.0. The van der Waals surface area contributed by atoms with E-state index in [1.54, 1.807) is 11.8 Å². The molecule has 2 aromatic rings. The molecular weight excluding hydrogens is 414 g/mol. The molecule has 7 heteroatoms. The summed E-state index contributed by atoms with van der Waals surface area (Å²) in [5.74, 6) is -0.375. The Morgan fingerprint density at radius 1 is 1.21 bits per heavy atom. The number of carbonyl (C=O) groups is 1. The summed E-state index contributed by atoms with van der Waals surface area (Å²) in [6.07, 6.45) is 1.79. The van der Waals surface area contributed by atoms with Crippen molar-refractivity contribution in [1.82, 2.24) is 9.80 Å². The van der Waals surface area contributed by atoms with Gasteiger partial charge in [0.1, 0.15) is 17.0 Å². The van der Waals surface area contributed by atoms with Gasteiger partial charge in [-0.05, 0) is 31.2 Å². The van der Waals surface area contributed by atoms with Gasteiger partial charge in [0.05, 0.1) is 6.54 Å². The van der Waals surface area contributed by atoms with Crippen LogP contribution < -0.4 is 0 Å². The maximum atomic E-state index is 14.1. The molecule has 29 heavy (non-hydrogen) atoms. The van der Waals surface area contributed by atoms with Gasteiger partial charge >= 0.3 is 0 Å². The van der Waals surface area contributed by atoms with Crippen LogP contribution in [0.25, 0.3) is 0 Å². The Balaban J connectivity index is 1.74. The summed E-state index contributed by atoms with van der Waals surface area (Å²) >= 11 is 8.03. The summed E-state index contributed by atoms with van der Waals surface area (Å²) in [5.41, 5.74) is 0.931. The van der Waals surface area contributed by atoms with Gasteiger partial charge in [-0.1, -0.05) is 49.2 Å². The average Bonchev–Trinajstić information content (AvgIpc) is 3.19. The summed E-state index contributed by atoms with van der Waals surface area (Å²) in [7, 11) is 0. The summed E-state index contributed by atoms with van der Waals surface area (Å²) < 4.78 is 28.2. The fourth-order valence-corrected chi connectivity index (χ4v) is 5.06. The Hall–Kier alpha value is -1.63. The van der Waals surface area contributed by atoms with Gasteiger partial charge in [-0.25, -0.2) is 8.78 Å². The Labute approximate surface area is 180 Å². The number of rotatable bonds is 8. The van der Waals surface area contributed by atoms with E-state index < -0.39 is 11.6 Å². The quantitative estimate of drug-likeness (QED) is 0.544. The molecule has 0 saturated carbocycles. The second kappa shape index (κ2) is 10.4. The SMILES string of the molecule is CCCCN(CC(=O)N1CCS[C@@H]1c1ccccc1Cl)Cc1c(F)cccc1F. The fraction of sp³-hybridized carbons (Fsp3) is 0.409. The smallest absolute Gasteiger partial charge is 0.237 e. The van der Waals surface area contributed by atoms with E-state index >= 15 is 0 Å². The molecule has 1 saturated heterocycles. The Morgan fingerprint density at radius 3 is 2.62 bits per heavy atom. The Bertz CT molecular complexity index is 831. The average molecular weight is 439 g/mol.